The number of carbonyl (C=O) groups is 4. The lowest BCUT2D eigenvalue weighted by molar-refractivity contribution is -0.138. The van der Waals surface area contributed by atoms with Gasteiger partial charge in [-0.3, -0.25) is 29.4 Å². The topological polar surface area (TPSA) is 155 Å². The summed E-state index contributed by atoms with van der Waals surface area (Å²) in [7, 11) is 0. The quantitative estimate of drug-likeness (QED) is 0.113. The fourth-order valence-electron chi connectivity index (χ4n) is 2.62. The van der Waals surface area contributed by atoms with Gasteiger partial charge in [-0.05, 0) is 48.6 Å². The van der Waals surface area contributed by atoms with E-state index in [9.17, 15) is 19.2 Å². The van der Waals surface area contributed by atoms with Gasteiger partial charge in [0.05, 0.1) is 25.3 Å². The highest BCUT2D eigenvalue weighted by Gasteiger charge is 2.15. The summed E-state index contributed by atoms with van der Waals surface area (Å²) >= 11 is 1.56. The minimum absolute atomic E-state index is 0.0219. The molecular weight excluding hydrogens is 476 g/mol. The fourth-order valence-corrected chi connectivity index (χ4v) is 3.38. The molecule has 0 unspecified atom stereocenters. The number of ether oxygens (including phenoxy) is 1. The van der Waals surface area contributed by atoms with E-state index in [0.717, 1.165) is 10.6 Å². The first kappa shape index (κ1) is 27.6. The predicted molar refractivity (Wildman–Crippen MR) is 131 cm³/mol. The predicted octanol–water partition coefficient (Wildman–Crippen LogP) is 2.56. The van der Waals surface area contributed by atoms with Crippen LogP contribution in [0.15, 0.2) is 53.4 Å². The van der Waals surface area contributed by atoms with E-state index < -0.39 is 17.8 Å². The van der Waals surface area contributed by atoms with Gasteiger partial charge in [0.1, 0.15) is 5.75 Å². The number of carboxylic acids is 1. The molecule has 0 fully saturated rings. The number of anilines is 2. The lowest BCUT2D eigenvalue weighted by Gasteiger charge is -2.11. The van der Waals surface area contributed by atoms with Crippen molar-refractivity contribution in [2.75, 3.05) is 29.6 Å². The van der Waals surface area contributed by atoms with E-state index in [1.165, 1.54) is 0 Å². The Balaban J connectivity index is 1.69. The Hall–Kier alpha value is -3.61. The van der Waals surface area contributed by atoms with Crippen LogP contribution in [0.2, 0.25) is 0 Å². The van der Waals surface area contributed by atoms with Crippen molar-refractivity contribution in [3.05, 3.63) is 48.5 Å². The van der Waals surface area contributed by atoms with Crippen molar-refractivity contribution in [3.63, 3.8) is 0 Å². The Morgan fingerprint density at radius 2 is 1.63 bits per heavy atom. The molecule has 0 spiro atoms. The van der Waals surface area contributed by atoms with Crippen LogP contribution in [0.1, 0.15) is 26.2 Å². The molecule has 0 aliphatic heterocycles. The van der Waals surface area contributed by atoms with Crippen LogP contribution in [0.3, 0.4) is 0 Å². The molecule has 0 saturated heterocycles. The van der Waals surface area contributed by atoms with Crippen LogP contribution in [0.25, 0.3) is 0 Å². The number of thioether (sulfide) groups is 1. The first-order valence-electron chi connectivity index (χ1n) is 10.8. The Morgan fingerprint density at radius 3 is 2.34 bits per heavy atom. The van der Waals surface area contributed by atoms with Crippen LogP contribution in [0.4, 0.5) is 11.4 Å². The van der Waals surface area contributed by atoms with Gasteiger partial charge in [-0.1, -0.05) is 19.1 Å². The SMILES string of the molecule is CCSc1ccccc1NC(=O)C(=O)Nc1ccc(OCCC(=O)NNOCCCC(=O)O)cc1. The van der Waals surface area contributed by atoms with Gasteiger partial charge in [0, 0.05) is 17.0 Å². The summed E-state index contributed by atoms with van der Waals surface area (Å²) in [5, 5.41) is 13.7. The maximum absolute atomic E-state index is 12.3. The van der Waals surface area contributed by atoms with Crippen molar-refractivity contribution in [3.8, 4) is 5.75 Å². The van der Waals surface area contributed by atoms with Crippen molar-refractivity contribution in [2.24, 2.45) is 0 Å². The van der Waals surface area contributed by atoms with E-state index >= 15 is 0 Å². The zero-order valence-corrected chi connectivity index (χ0v) is 20.0. The Morgan fingerprint density at radius 1 is 0.914 bits per heavy atom. The molecule has 2 aromatic rings. The van der Waals surface area contributed by atoms with Crippen molar-refractivity contribution in [2.45, 2.75) is 31.1 Å². The smallest absolute Gasteiger partial charge is 0.314 e. The number of hydrogen-bond donors (Lipinski definition) is 5. The summed E-state index contributed by atoms with van der Waals surface area (Å²) < 4.78 is 5.48. The lowest BCUT2D eigenvalue weighted by atomic mass is 10.3. The first-order chi connectivity index (χ1) is 16.9. The molecule has 3 amide bonds. The molecule has 0 atom stereocenters. The lowest BCUT2D eigenvalue weighted by Crippen LogP contribution is -2.38. The molecule has 188 valence electrons. The monoisotopic (exact) mass is 504 g/mol. The second kappa shape index (κ2) is 15.3. The third-order valence-electron chi connectivity index (χ3n) is 4.25. The van der Waals surface area contributed by atoms with E-state index in [4.69, 9.17) is 14.7 Å². The number of nitrogens with one attached hydrogen (secondary N) is 4. The zero-order chi connectivity index (χ0) is 25.5. The molecule has 0 radical (unpaired) electrons. The zero-order valence-electron chi connectivity index (χ0n) is 19.2. The number of aliphatic carboxylic acids is 1. The van der Waals surface area contributed by atoms with Crippen molar-refractivity contribution < 1.29 is 33.9 Å². The van der Waals surface area contributed by atoms with Gasteiger partial charge >= 0.3 is 17.8 Å². The molecule has 0 saturated carbocycles. The van der Waals surface area contributed by atoms with Gasteiger partial charge in [0.2, 0.25) is 5.91 Å². The molecular formula is C23H28N4O7S. The molecule has 0 aliphatic rings. The number of hydrogen-bond acceptors (Lipinski definition) is 8. The standard InChI is InChI=1S/C23H28N4O7S/c1-2-35-19-7-4-3-6-18(19)25-23(32)22(31)24-16-9-11-17(12-10-16)33-15-13-20(28)26-27-34-14-5-8-21(29)30/h3-4,6-7,9-12,27H,2,5,8,13-15H2,1H3,(H,24,31)(H,25,32)(H,26,28)(H,29,30). The second-order valence-corrected chi connectivity index (χ2v) is 8.26. The van der Waals surface area contributed by atoms with E-state index in [2.05, 4.69) is 21.6 Å². The summed E-state index contributed by atoms with van der Waals surface area (Å²) in [5.41, 5.74) is 5.53. The molecule has 11 nitrogen and oxygen atoms in total. The number of hydrazine groups is 1. The van der Waals surface area contributed by atoms with Gasteiger partial charge in [0.25, 0.3) is 0 Å². The number of benzene rings is 2. The second-order valence-electron chi connectivity index (χ2n) is 6.96. The van der Waals surface area contributed by atoms with E-state index in [1.807, 2.05) is 19.1 Å². The minimum Gasteiger partial charge on any atom is -0.493 e. The summed E-state index contributed by atoms with van der Waals surface area (Å²) in [5.74, 6) is -1.57. The van der Waals surface area contributed by atoms with Crippen LogP contribution >= 0.6 is 11.8 Å². The van der Waals surface area contributed by atoms with Gasteiger partial charge in [-0.2, -0.15) is 0 Å². The average molecular weight is 505 g/mol. The number of carboxylic acid groups (broad SMARTS) is 1. The van der Waals surface area contributed by atoms with Crippen molar-refractivity contribution in [1.29, 1.82) is 0 Å². The molecule has 0 bridgehead atoms. The molecule has 2 rings (SSSR count). The number of carbonyl (C=O) groups excluding carboxylic acids is 3. The fraction of sp³-hybridized carbons (Fsp3) is 0.304. The normalized spacial score (nSPS) is 10.3. The first-order valence-corrected chi connectivity index (χ1v) is 11.8. The summed E-state index contributed by atoms with van der Waals surface area (Å²) in [6.07, 6.45) is 0.336. The maximum atomic E-state index is 12.3. The summed E-state index contributed by atoms with van der Waals surface area (Å²) in [4.78, 5) is 52.3. The van der Waals surface area contributed by atoms with Crippen LogP contribution in [-0.2, 0) is 24.0 Å². The van der Waals surface area contributed by atoms with Gasteiger partial charge in [0.15, 0.2) is 0 Å². The minimum atomic E-state index is -0.918. The third kappa shape index (κ3) is 10.9. The largest absolute Gasteiger partial charge is 0.493 e. The van der Waals surface area contributed by atoms with E-state index in [0.29, 0.717) is 23.5 Å². The highest BCUT2D eigenvalue weighted by molar-refractivity contribution is 7.99. The van der Waals surface area contributed by atoms with Gasteiger partial charge in [-0.15, -0.1) is 17.4 Å². The van der Waals surface area contributed by atoms with Gasteiger partial charge in [-0.25, -0.2) is 0 Å². The van der Waals surface area contributed by atoms with Crippen LogP contribution in [-0.4, -0.2) is 47.8 Å². The molecule has 5 N–H and O–H groups in total. The summed E-state index contributed by atoms with van der Waals surface area (Å²) in [6.45, 7) is 2.23. The number of amides is 3. The molecule has 2 aromatic carbocycles. The number of rotatable bonds is 14. The molecule has 0 aliphatic carbocycles. The molecule has 0 heterocycles. The summed E-state index contributed by atoms with van der Waals surface area (Å²) in [6, 6.07) is 13.6. The highest BCUT2D eigenvalue weighted by Crippen LogP contribution is 2.26. The number of para-hydroxylation sites is 1. The maximum Gasteiger partial charge on any atom is 0.314 e. The van der Waals surface area contributed by atoms with E-state index in [1.54, 1.807) is 48.2 Å². The average Bonchev–Trinajstić information content (AvgIpc) is 2.83. The molecule has 12 heteroatoms. The van der Waals surface area contributed by atoms with Crippen LogP contribution in [0, 0.1) is 0 Å². The Kier molecular flexibility index (Phi) is 12.1. The van der Waals surface area contributed by atoms with E-state index in [-0.39, 0.29) is 32.0 Å². The van der Waals surface area contributed by atoms with Crippen molar-refractivity contribution in [1.82, 2.24) is 11.0 Å². The molecule has 35 heavy (non-hydrogen) atoms. The molecule has 0 aromatic heterocycles. The Bertz CT molecular complexity index is 1000. The Labute approximate surface area is 206 Å². The van der Waals surface area contributed by atoms with Crippen LogP contribution < -0.4 is 26.4 Å². The van der Waals surface area contributed by atoms with Gasteiger partial charge < -0.3 is 20.5 Å². The van der Waals surface area contributed by atoms with Crippen molar-refractivity contribution >= 4 is 46.8 Å². The third-order valence-corrected chi connectivity index (χ3v) is 5.21. The van der Waals surface area contributed by atoms with Crippen LogP contribution in [0.5, 0.6) is 5.75 Å². The highest BCUT2D eigenvalue weighted by atomic mass is 32.2.